The summed E-state index contributed by atoms with van der Waals surface area (Å²) in [6.45, 7) is 0. The largest absolute Gasteiger partial charge is 0.343 e. The predicted octanol–water partition coefficient (Wildman–Crippen LogP) is 5.43. The zero-order valence-corrected chi connectivity index (χ0v) is 19.4. The molecule has 2 heterocycles. The average molecular weight is 491 g/mol. The number of hydrogen-bond donors (Lipinski definition) is 2. The van der Waals surface area contributed by atoms with E-state index in [1.807, 2.05) is 0 Å². The molecule has 2 amide bonds. The van der Waals surface area contributed by atoms with E-state index in [0.717, 1.165) is 11.1 Å². The fraction of sp³-hybridized carbons (Fsp3) is 0.0769. The lowest BCUT2D eigenvalue weighted by molar-refractivity contribution is 0.0881. The van der Waals surface area contributed by atoms with Crippen LogP contribution in [0.25, 0.3) is 0 Å². The smallest absolute Gasteiger partial charge is 0.253 e. The summed E-state index contributed by atoms with van der Waals surface area (Å²) in [5.41, 5.74) is 2.15. The number of pyridine rings is 2. The number of carbonyl (C=O) groups is 2. The van der Waals surface area contributed by atoms with Gasteiger partial charge in [-0.2, -0.15) is 0 Å². The van der Waals surface area contributed by atoms with Gasteiger partial charge in [0.25, 0.3) is 11.8 Å². The van der Waals surface area contributed by atoms with Gasteiger partial charge in [-0.25, -0.2) is 0 Å². The zero-order chi connectivity index (χ0) is 23.9. The van der Waals surface area contributed by atoms with Gasteiger partial charge in [-0.05, 0) is 59.7 Å². The van der Waals surface area contributed by atoms with Crippen molar-refractivity contribution >= 4 is 35.0 Å². The van der Waals surface area contributed by atoms with Crippen LogP contribution in [0.3, 0.4) is 0 Å². The SMILES string of the molecule is O=C(NC(c1ccncc1)C(NC(=O)c1ccccc1Cl)c1ccncc1)c1ccccc1Cl. The summed E-state index contributed by atoms with van der Waals surface area (Å²) in [5, 5.41) is 6.74. The van der Waals surface area contributed by atoms with Crippen molar-refractivity contribution in [2.24, 2.45) is 0 Å². The average Bonchev–Trinajstić information content (AvgIpc) is 2.87. The quantitative estimate of drug-likeness (QED) is 0.361. The molecule has 34 heavy (non-hydrogen) atoms. The summed E-state index contributed by atoms with van der Waals surface area (Å²) in [5.74, 6) is -0.753. The summed E-state index contributed by atoms with van der Waals surface area (Å²) < 4.78 is 0. The van der Waals surface area contributed by atoms with Gasteiger partial charge < -0.3 is 10.6 Å². The summed E-state index contributed by atoms with van der Waals surface area (Å²) >= 11 is 12.5. The van der Waals surface area contributed by atoms with Gasteiger partial charge in [0.15, 0.2) is 0 Å². The first kappa shape index (κ1) is 23.4. The third-order valence-electron chi connectivity index (χ3n) is 5.27. The number of nitrogens with one attached hydrogen (secondary N) is 2. The lowest BCUT2D eigenvalue weighted by Gasteiger charge is -2.30. The van der Waals surface area contributed by atoms with Gasteiger partial charge >= 0.3 is 0 Å². The monoisotopic (exact) mass is 490 g/mol. The van der Waals surface area contributed by atoms with Crippen molar-refractivity contribution in [3.8, 4) is 0 Å². The van der Waals surface area contributed by atoms with Gasteiger partial charge in [-0.1, -0.05) is 47.5 Å². The first-order valence-corrected chi connectivity index (χ1v) is 11.2. The van der Waals surface area contributed by atoms with Gasteiger partial charge in [-0.3, -0.25) is 19.6 Å². The Kier molecular flexibility index (Phi) is 7.52. The number of nitrogens with zero attached hydrogens (tertiary/aromatic N) is 2. The first-order chi connectivity index (χ1) is 16.5. The Morgan fingerprint density at radius 3 is 1.29 bits per heavy atom. The van der Waals surface area contributed by atoms with E-state index in [1.165, 1.54) is 0 Å². The van der Waals surface area contributed by atoms with Crippen LogP contribution in [-0.2, 0) is 0 Å². The van der Waals surface area contributed by atoms with Crippen molar-refractivity contribution in [3.05, 3.63) is 130 Å². The molecule has 2 N–H and O–H groups in total. The van der Waals surface area contributed by atoms with Crippen LogP contribution < -0.4 is 10.6 Å². The lowest BCUT2D eigenvalue weighted by Crippen LogP contribution is -2.41. The molecule has 0 fully saturated rings. The molecule has 0 saturated heterocycles. The van der Waals surface area contributed by atoms with Crippen LogP contribution in [0.5, 0.6) is 0 Å². The number of hydrogen-bond acceptors (Lipinski definition) is 4. The summed E-state index contributed by atoms with van der Waals surface area (Å²) in [7, 11) is 0. The molecule has 8 heteroatoms. The fourth-order valence-corrected chi connectivity index (χ4v) is 4.03. The Bertz CT molecular complexity index is 1190. The minimum Gasteiger partial charge on any atom is -0.343 e. The molecule has 2 aromatic carbocycles. The van der Waals surface area contributed by atoms with E-state index >= 15 is 0 Å². The number of benzene rings is 2. The topological polar surface area (TPSA) is 84.0 Å². The molecule has 0 saturated carbocycles. The number of halogens is 2. The summed E-state index contributed by atoms with van der Waals surface area (Å²) in [6.07, 6.45) is 6.51. The molecule has 2 atom stereocenters. The molecule has 4 rings (SSSR count). The minimum atomic E-state index is -0.652. The van der Waals surface area contributed by atoms with E-state index in [9.17, 15) is 9.59 Å². The molecule has 2 aromatic heterocycles. The van der Waals surface area contributed by atoms with E-state index in [-0.39, 0.29) is 11.8 Å². The Labute approximate surface area is 207 Å². The standard InChI is InChI=1S/C26H20Cl2N4O2/c27-21-7-3-1-5-19(21)25(33)31-23(17-9-13-29-14-10-17)24(18-11-15-30-16-12-18)32-26(34)20-6-2-4-8-22(20)28/h1-16,23-24H,(H,31,33)(H,32,34). The Morgan fingerprint density at radius 1 is 0.588 bits per heavy atom. The third kappa shape index (κ3) is 5.42. The minimum absolute atomic E-state index is 0.328. The van der Waals surface area contributed by atoms with Crippen LogP contribution in [0.1, 0.15) is 43.9 Å². The third-order valence-corrected chi connectivity index (χ3v) is 5.93. The maximum Gasteiger partial charge on any atom is 0.253 e. The highest BCUT2D eigenvalue weighted by Gasteiger charge is 2.29. The molecule has 170 valence electrons. The van der Waals surface area contributed by atoms with Crippen molar-refractivity contribution in [2.45, 2.75) is 12.1 Å². The van der Waals surface area contributed by atoms with Crippen LogP contribution in [-0.4, -0.2) is 21.8 Å². The highest BCUT2D eigenvalue weighted by molar-refractivity contribution is 6.34. The lowest BCUT2D eigenvalue weighted by atomic mass is 9.93. The Hall–Kier alpha value is -3.74. The molecule has 0 spiro atoms. The number of rotatable bonds is 7. The Morgan fingerprint density at radius 2 is 0.941 bits per heavy atom. The van der Waals surface area contributed by atoms with Crippen LogP contribution in [0.15, 0.2) is 97.6 Å². The van der Waals surface area contributed by atoms with E-state index in [1.54, 1.807) is 97.6 Å². The van der Waals surface area contributed by atoms with E-state index in [2.05, 4.69) is 20.6 Å². The number of amides is 2. The second-order valence-corrected chi connectivity index (χ2v) is 8.24. The van der Waals surface area contributed by atoms with Crippen LogP contribution in [0, 0.1) is 0 Å². The molecule has 6 nitrogen and oxygen atoms in total. The first-order valence-electron chi connectivity index (χ1n) is 10.4. The predicted molar refractivity (Wildman–Crippen MR) is 132 cm³/mol. The van der Waals surface area contributed by atoms with E-state index in [0.29, 0.717) is 21.2 Å². The molecule has 4 aromatic rings. The van der Waals surface area contributed by atoms with Crippen LogP contribution in [0.4, 0.5) is 0 Å². The molecular formula is C26H20Cl2N4O2. The maximum absolute atomic E-state index is 13.2. The van der Waals surface area contributed by atoms with Crippen molar-refractivity contribution in [2.75, 3.05) is 0 Å². The van der Waals surface area contributed by atoms with Crippen molar-refractivity contribution < 1.29 is 9.59 Å². The van der Waals surface area contributed by atoms with Crippen molar-refractivity contribution in [3.63, 3.8) is 0 Å². The second kappa shape index (κ2) is 10.9. The molecule has 0 radical (unpaired) electrons. The zero-order valence-electron chi connectivity index (χ0n) is 17.9. The molecule has 0 aliphatic carbocycles. The molecule has 0 bridgehead atoms. The van der Waals surface area contributed by atoms with Gasteiger partial charge in [-0.15, -0.1) is 0 Å². The van der Waals surface area contributed by atoms with E-state index in [4.69, 9.17) is 23.2 Å². The summed E-state index contributed by atoms with van der Waals surface area (Å²) in [6, 6.07) is 19.4. The number of carbonyl (C=O) groups excluding carboxylic acids is 2. The van der Waals surface area contributed by atoms with Crippen molar-refractivity contribution in [1.82, 2.24) is 20.6 Å². The highest BCUT2D eigenvalue weighted by Crippen LogP contribution is 2.30. The molecule has 0 aliphatic rings. The van der Waals surface area contributed by atoms with Gasteiger partial charge in [0.2, 0.25) is 0 Å². The van der Waals surface area contributed by atoms with Gasteiger partial charge in [0.1, 0.15) is 0 Å². The van der Waals surface area contributed by atoms with Crippen molar-refractivity contribution in [1.29, 1.82) is 0 Å². The van der Waals surface area contributed by atoms with Crippen LogP contribution >= 0.6 is 23.2 Å². The van der Waals surface area contributed by atoms with E-state index < -0.39 is 12.1 Å². The normalized spacial score (nSPS) is 12.4. The van der Waals surface area contributed by atoms with Crippen LogP contribution in [0.2, 0.25) is 10.0 Å². The molecule has 0 aliphatic heterocycles. The number of aromatic nitrogens is 2. The maximum atomic E-state index is 13.2. The second-order valence-electron chi connectivity index (χ2n) is 7.42. The molecular weight excluding hydrogens is 471 g/mol. The summed E-state index contributed by atoms with van der Waals surface area (Å²) in [4.78, 5) is 34.6. The van der Waals surface area contributed by atoms with Gasteiger partial charge in [0, 0.05) is 24.8 Å². The highest BCUT2D eigenvalue weighted by atomic mass is 35.5. The Balaban J connectivity index is 1.75. The van der Waals surface area contributed by atoms with Gasteiger partial charge in [0.05, 0.1) is 33.3 Å². The fourth-order valence-electron chi connectivity index (χ4n) is 3.59. The molecule has 2 unspecified atom stereocenters.